The molecule has 1 aromatic rings. The Hall–Kier alpha value is -1.44. The highest BCUT2D eigenvalue weighted by Gasteiger charge is 2.23. The van der Waals surface area contributed by atoms with Gasteiger partial charge in [-0.3, -0.25) is 4.79 Å². The Kier molecular flexibility index (Phi) is 5.46. The summed E-state index contributed by atoms with van der Waals surface area (Å²) in [5.74, 6) is -0.477. The number of methoxy groups -OCH3 is 1. The first-order chi connectivity index (χ1) is 8.86. The monoisotopic (exact) mass is 286 g/mol. The fourth-order valence-corrected chi connectivity index (χ4v) is 2.24. The minimum absolute atomic E-state index is 0.0619. The van der Waals surface area contributed by atoms with Crippen molar-refractivity contribution in [3.63, 3.8) is 0 Å². The van der Waals surface area contributed by atoms with Gasteiger partial charge in [0.15, 0.2) is 0 Å². The second-order valence-corrected chi connectivity index (χ2v) is 6.06. The zero-order chi connectivity index (χ0) is 14.5. The smallest absolute Gasteiger partial charge is 0.307 e. The average molecular weight is 286 g/mol. The Balaban J connectivity index is 2.97. The van der Waals surface area contributed by atoms with Gasteiger partial charge in [0.25, 0.3) is 10.2 Å². The third-order valence-corrected chi connectivity index (χ3v) is 4.12. The van der Waals surface area contributed by atoms with Crippen LogP contribution in [0.3, 0.4) is 0 Å². The fourth-order valence-electron chi connectivity index (χ4n) is 1.45. The van der Waals surface area contributed by atoms with E-state index in [-0.39, 0.29) is 6.42 Å². The molecule has 1 atom stereocenters. The summed E-state index contributed by atoms with van der Waals surface area (Å²) < 4.78 is 31.8. The molecule has 0 aliphatic heterocycles. The van der Waals surface area contributed by atoms with E-state index >= 15 is 0 Å². The molecule has 1 aromatic carbocycles. The molecule has 1 N–H and O–H groups in total. The van der Waals surface area contributed by atoms with Crippen molar-refractivity contribution in [3.05, 3.63) is 35.9 Å². The van der Waals surface area contributed by atoms with E-state index in [1.165, 1.54) is 21.2 Å². The molecule has 0 aromatic heterocycles. The zero-order valence-corrected chi connectivity index (χ0v) is 12.0. The summed E-state index contributed by atoms with van der Waals surface area (Å²) in [5, 5.41) is 0. The Bertz CT molecular complexity index is 514. The number of rotatable bonds is 6. The van der Waals surface area contributed by atoms with Gasteiger partial charge in [-0.05, 0) is 5.56 Å². The number of ether oxygens (including phenoxy) is 1. The lowest BCUT2D eigenvalue weighted by Gasteiger charge is -2.20. The minimum Gasteiger partial charge on any atom is -0.469 e. The summed E-state index contributed by atoms with van der Waals surface area (Å²) in [6.07, 6.45) is -0.0619. The van der Waals surface area contributed by atoms with E-state index < -0.39 is 22.2 Å². The Morgan fingerprint density at radius 2 is 1.89 bits per heavy atom. The molecule has 6 nitrogen and oxygen atoms in total. The topological polar surface area (TPSA) is 75.7 Å². The van der Waals surface area contributed by atoms with Gasteiger partial charge in [-0.15, -0.1) is 0 Å². The normalized spacial score (nSPS) is 13.3. The first kappa shape index (κ1) is 15.6. The summed E-state index contributed by atoms with van der Waals surface area (Å²) in [5.41, 5.74) is 0.707. The Labute approximate surface area is 113 Å². The molecule has 0 saturated carbocycles. The molecule has 0 aliphatic carbocycles. The summed E-state index contributed by atoms with van der Waals surface area (Å²) in [6, 6.07) is 8.24. The van der Waals surface area contributed by atoms with Crippen LogP contribution in [0, 0.1) is 0 Å². The van der Waals surface area contributed by atoms with Gasteiger partial charge >= 0.3 is 5.97 Å². The van der Waals surface area contributed by atoms with Crippen molar-refractivity contribution in [1.29, 1.82) is 0 Å². The van der Waals surface area contributed by atoms with Crippen molar-refractivity contribution in [2.75, 3.05) is 21.2 Å². The summed E-state index contributed by atoms with van der Waals surface area (Å²) >= 11 is 0. The predicted molar refractivity (Wildman–Crippen MR) is 71.6 cm³/mol. The highest BCUT2D eigenvalue weighted by molar-refractivity contribution is 7.87. The standard InChI is InChI=1S/C12H18N2O4S/c1-14(2)19(16,17)13-11(9-12(15)18-3)10-7-5-4-6-8-10/h4-8,11,13H,9H2,1-3H3/t11-/m0/s1. The number of carbonyl (C=O) groups is 1. The summed E-state index contributed by atoms with van der Waals surface area (Å²) in [6.45, 7) is 0. The van der Waals surface area contributed by atoms with Crippen molar-refractivity contribution in [2.24, 2.45) is 0 Å². The number of benzene rings is 1. The number of nitrogens with zero attached hydrogens (tertiary/aromatic N) is 1. The molecular weight excluding hydrogens is 268 g/mol. The van der Waals surface area contributed by atoms with Gasteiger partial charge in [-0.1, -0.05) is 30.3 Å². The molecule has 0 amide bonds. The van der Waals surface area contributed by atoms with Crippen LogP contribution >= 0.6 is 0 Å². The molecule has 0 saturated heterocycles. The fraction of sp³-hybridized carbons (Fsp3) is 0.417. The van der Waals surface area contributed by atoms with Crippen LogP contribution in [-0.4, -0.2) is 39.9 Å². The highest BCUT2D eigenvalue weighted by atomic mass is 32.2. The van der Waals surface area contributed by atoms with E-state index in [0.717, 1.165) is 4.31 Å². The third-order valence-electron chi connectivity index (χ3n) is 2.57. The predicted octanol–water partition coefficient (Wildman–Crippen LogP) is 0.687. The maximum Gasteiger partial charge on any atom is 0.307 e. The van der Waals surface area contributed by atoms with Gasteiger partial charge in [0, 0.05) is 14.1 Å². The second-order valence-electron chi connectivity index (χ2n) is 4.15. The maximum absolute atomic E-state index is 11.8. The van der Waals surface area contributed by atoms with Crippen LogP contribution in [0.1, 0.15) is 18.0 Å². The van der Waals surface area contributed by atoms with Gasteiger partial charge in [-0.2, -0.15) is 17.4 Å². The number of carbonyl (C=O) groups excluding carboxylic acids is 1. The molecule has 0 fully saturated rings. The van der Waals surface area contributed by atoms with E-state index in [9.17, 15) is 13.2 Å². The molecule has 7 heteroatoms. The first-order valence-electron chi connectivity index (χ1n) is 5.68. The molecule has 0 heterocycles. The molecule has 0 radical (unpaired) electrons. The van der Waals surface area contributed by atoms with Crippen LogP contribution in [0.2, 0.25) is 0 Å². The van der Waals surface area contributed by atoms with Crippen molar-refractivity contribution < 1.29 is 17.9 Å². The van der Waals surface area contributed by atoms with Gasteiger partial charge in [0.2, 0.25) is 0 Å². The van der Waals surface area contributed by atoms with Crippen LogP contribution in [0.5, 0.6) is 0 Å². The van der Waals surface area contributed by atoms with E-state index in [2.05, 4.69) is 9.46 Å². The van der Waals surface area contributed by atoms with Crippen molar-refractivity contribution in [3.8, 4) is 0 Å². The lowest BCUT2D eigenvalue weighted by atomic mass is 10.1. The van der Waals surface area contributed by atoms with Crippen molar-refractivity contribution >= 4 is 16.2 Å². The van der Waals surface area contributed by atoms with Crippen LogP contribution in [0.15, 0.2) is 30.3 Å². The van der Waals surface area contributed by atoms with Crippen molar-refractivity contribution in [1.82, 2.24) is 9.03 Å². The van der Waals surface area contributed by atoms with E-state index in [1.807, 2.05) is 6.07 Å². The molecule has 0 unspecified atom stereocenters. The Morgan fingerprint density at radius 1 is 1.32 bits per heavy atom. The first-order valence-corrected chi connectivity index (χ1v) is 7.12. The van der Waals surface area contributed by atoms with E-state index in [0.29, 0.717) is 5.56 Å². The average Bonchev–Trinajstić information content (AvgIpc) is 2.38. The second kappa shape index (κ2) is 6.65. The minimum atomic E-state index is -3.62. The molecular formula is C12H18N2O4S. The lowest BCUT2D eigenvalue weighted by Crippen LogP contribution is -2.38. The zero-order valence-electron chi connectivity index (χ0n) is 11.2. The number of hydrogen-bond donors (Lipinski definition) is 1. The number of esters is 1. The SMILES string of the molecule is COC(=O)C[C@H](NS(=O)(=O)N(C)C)c1ccccc1. The van der Waals surface area contributed by atoms with Crippen LogP contribution in [-0.2, 0) is 19.7 Å². The highest BCUT2D eigenvalue weighted by Crippen LogP contribution is 2.18. The largest absolute Gasteiger partial charge is 0.469 e. The van der Waals surface area contributed by atoms with Crippen LogP contribution in [0.25, 0.3) is 0 Å². The van der Waals surface area contributed by atoms with E-state index in [4.69, 9.17) is 0 Å². The lowest BCUT2D eigenvalue weighted by molar-refractivity contribution is -0.141. The number of hydrogen-bond acceptors (Lipinski definition) is 4. The molecule has 1 rings (SSSR count). The van der Waals surface area contributed by atoms with Crippen LogP contribution < -0.4 is 4.72 Å². The summed E-state index contributed by atoms with van der Waals surface area (Å²) in [7, 11) is 0.483. The maximum atomic E-state index is 11.8. The van der Waals surface area contributed by atoms with Gasteiger partial charge < -0.3 is 4.74 Å². The van der Waals surface area contributed by atoms with Gasteiger partial charge in [0.05, 0.1) is 19.6 Å². The third kappa shape index (κ3) is 4.62. The quantitative estimate of drug-likeness (QED) is 0.781. The van der Waals surface area contributed by atoms with Crippen LogP contribution in [0.4, 0.5) is 0 Å². The molecule has 0 aliphatic rings. The molecule has 0 spiro atoms. The Morgan fingerprint density at radius 3 is 2.37 bits per heavy atom. The molecule has 19 heavy (non-hydrogen) atoms. The van der Waals surface area contributed by atoms with Crippen molar-refractivity contribution in [2.45, 2.75) is 12.5 Å². The van der Waals surface area contributed by atoms with E-state index in [1.54, 1.807) is 24.3 Å². The molecule has 0 bridgehead atoms. The molecule has 106 valence electrons. The van der Waals surface area contributed by atoms with Gasteiger partial charge in [0.1, 0.15) is 0 Å². The summed E-state index contributed by atoms with van der Waals surface area (Å²) in [4.78, 5) is 11.4. The van der Waals surface area contributed by atoms with Gasteiger partial charge in [-0.25, -0.2) is 0 Å². The number of nitrogens with one attached hydrogen (secondary N) is 1.